The molecule has 1 unspecified atom stereocenters. The lowest BCUT2D eigenvalue weighted by atomic mass is 10.1. The van der Waals surface area contributed by atoms with Gasteiger partial charge in [-0.3, -0.25) is 15.5 Å². The summed E-state index contributed by atoms with van der Waals surface area (Å²) >= 11 is 5.95. The fraction of sp³-hybridized carbons (Fsp3) is 0.0714. The number of nitrogens with zero attached hydrogens (tertiary/aromatic N) is 1. The molecular formula is C14H10ClN3O3. The van der Waals surface area contributed by atoms with Crippen molar-refractivity contribution in [3.63, 3.8) is 0 Å². The maximum atomic E-state index is 10.7. The van der Waals surface area contributed by atoms with Crippen molar-refractivity contribution < 1.29 is 9.66 Å². The van der Waals surface area contributed by atoms with Gasteiger partial charge in [-0.1, -0.05) is 11.6 Å². The van der Waals surface area contributed by atoms with Gasteiger partial charge < -0.3 is 10.1 Å². The number of hydrogen-bond acceptors (Lipinski definition) is 5. The smallest absolute Gasteiger partial charge is 0.269 e. The molecule has 1 atom stereocenters. The quantitative estimate of drug-likeness (QED) is 0.654. The first-order valence-electron chi connectivity index (χ1n) is 6.10. The molecule has 2 aromatic rings. The Hall–Kier alpha value is -2.60. The highest BCUT2D eigenvalue weighted by Crippen LogP contribution is 2.32. The first-order chi connectivity index (χ1) is 10.0. The van der Waals surface area contributed by atoms with Crippen LogP contribution in [0, 0.1) is 15.5 Å². The predicted octanol–water partition coefficient (Wildman–Crippen LogP) is 3.71. The topological polar surface area (TPSA) is 88.2 Å². The van der Waals surface area contributed by atoms with Gasteiger partial charge in [-0.25, -0.2) is 0 Å². The van der Waals surface area contributed by atoms with Gasteiger partial charge in [-0.2, -0.15) is 0 Å². The van der Waals surface area contributed by atoms with E-state index in [0.717, 1.165) is 0 Å². The van der Waals surface area contributed by atoms with Crippen LogP contribution in [0.15, 0.2) is 42.5 Å². The molecule has 0 saturated carbocycles. The zero-order valence-electron chi connectivity index (χ0n) is 10.7. The Kier molecular flexibility index (Phi) is 3.23. The van der Waals surface area contributed by atoms with Crippen LogP contribution in [0.1, 0.15) is 17.4 Å². The van der Waals surface area contributed by atoms with E-state index in [2.05, 4.69) is 5.32 Å². The van der Waals surface area contributed by atoms with Crippen LogP contribution in [0.25, 0.3) is 0 Å². The van der Waals surface area contributed by atoms with Crippen LogP contribution in [0.4, 0.5) is 11.4 Å². The predicted molar refractivity (Wildman–Crippen MR) is 78.8 cm³/mol. The SMILES string of the molecule is N=C1OC(c2ccc([N+](=O)[O-])cc2)Nc2cc(Cl)ccc21. The fourth-order valence-electron chi connectivity index (χ4n) is 2.11. The summed E-state index contributed by atoms with van der Waals surface area (Å²) in [7, 11) is 0. The average Bonchev–Trinajstić information content (AvgIpc) is 2.46. The number of rotatable bonds is 2. The number of fused-ring (bicyclic) bond motifs is 1. The minimum Gasteiger partial charge on any atom is -0.449 e. The van der Waals surface area contributed by atoms with Crippen molar-refractivity contribution >= 4 is 28.9 Å². The van der Waals surface area contributed by atoms with Crippen molar-refractivity contribution in [1.82, 2.24) is 0 Å². The van der Waals surface area contributed by atoms with Crippen molar-refractivity contribution in [3.05, 3.63) is 68.7 Å². The molecule has 0 saturated heterocycles. The molecule has 1 heterocycles. The van der Waals surface area contributed by atoms with E-state index >= 15 is 0 Å². The third-order valence-electron chi connectivity index (χ3n) is 3.16. The second-order valence-electron chi connectivity index (χ2n) is 4.51. The fourth-order valence-corrected chi connectivity index (χ4v) is 2.28. The molecule has 0 radical (unpaired) electrons. The van der Waals surface area contributed by atoms with Gasteiger partial charge in [0.2, 0.25) is 5.90 Å². The van der Waals surface area contributed by atoms with E-state index in [1.165, 1.54) is 12.1 Å². The molecule has 7 heteroatoms. The molecule has 0 amide bonds. The summed E-state index contributed by atoms with van der Waals surface area (Å²) in [5.74, 6) is 0.0313. The van der Waals surface area contributed by atoms with Crippen LogP contribution in [-0.4, -0.2) is 10.8 Å². The number of non-ortho nitro benzene ring substituents is 1. The lowest BCUT2D eigenvalue weighted by Crippen LogP contribution is -2.25. The van der Waals surface area contributed by atoms with E-state index in [4.69, 9.17) is 21.7 Å². The molecule has 0 fully saturated rings. The number of nitrogens with one attached hydrogen (secondary N) is 2. The van der Waals surface area contributed by atoms with E-state index in [0.29, 0.717) is 21.8 Å². The highest BCUT2D eigenvalue weighted by molar-refractivity contribution is 6.31. The molecule has 0 aliphatic carbocycles. The lowest BCUT2D eigenvalue weighted by molar-refractivity contribution is -0.384. The number of anilines is 1. The molecule has 3 rings (SSSR count). The number of nitro groups is 1. The van der Waals surface area contributed by atoms with Crippen molar-refractivity contribution in [1.29, 1.82) is 5.41 Å². The molecule has 21 heavy (non-hydrogen) atoms. The first kappa shape index (κ1) is 13.4. The molecule has 1 aliphatic rings. The van der Waals surface area contributed by atoms with Gasteiger partial charge >= 0.3 is 0 Å². The highest BCUT2D eigenvalue weighted by atomic mass is 35.5. The Morgan fingerprint density at radius 1 is 1.24 bits per heavy atom. The first-order valence-corrected chi connectivity index (χ1v) is 6.48. The largest absolute Gasteiger partial charge is 0.449 e. The minimum atomic E-state index is -0.579. The van der Waals surface area contributed by atoms with Gasteiger partial charge in [0.25, 0.3) is 5.69 Å². The Labute approximate surface area is 125 Å². The van der Waals surface area contributed by atoms with Crippen molar-refractivity contribution in [3.8, 4) is 0 Å². The van der Waals surface area contributed by atoms with E-state index in [1.54, 1.807) is 30.3 Å². The van der Waals surface area contributed by atoms with Crippen molar-refractivity contribution in [2.45, 2.75) is 6.23 Å². The van der Waals surface area contributed by atoms with E-state index in [-0.39, 0.29) is 11.6 Å². The van der Waals surface area contributed by atoms with Crippen LogP contribution in [0.2, 0.25) is 5.02 Å². The van der Waals surface area contributed by atoms with E-state index < -0.39 is 11.2 Å². The Bertz CT molecular complexity index is 731. The maximum absolute atomic E-state index is 10.7. The maximum Gasteiger partial charge on any atom is 0.269 e. The van der Waals surface area contributed by atoms with Gasteiger partial charge in [0.1, 0.15) is 0 Å². The van der Waals surface area contributed by atoms with Crippen LogP contribution < -0.4 is 5.32 Å². The van der Waals surface area contributed by atoms with E-state index in [1.807, 2.05) is 0 Å². The molecular weight excluding hydrogens is 294 g/mol. The van der Waals surface area contributed by atoms with Crippen molar-refractivity contribution in [2.75, 3.05) is 5.32 Å². The monoisotopic (exact) mass is 303 g/mol. The summed E-state index contributed by atoms with van der Waals surface area (Å²) in [5.41, 5.74) is 2.02. The standard InChI is InChI=1S/C14H10ClN3O3/c15-9-3-6-11-12(7-9)17-14(21-13(11)16)8-1-4-10(5-2-8)18(19)20/h1-7,14,16-17H. The minimum absolute atomic E-state index is 0.00748. The zero-order valence-corrected chi connectivity index (χ0v) is 11.4. The molecule has 0 spiro atoms. The number of nitro benzene ring substituents is 1. The summed E-state index contributed by atoms with van der Waals surface area (Å²) < 4.78 is 5.50. The molecule has 6 nitrogen and oxygen atoms in total. The Morgan fingerprint density at radius 2 is 1.95 bits per heavy atom. The van der Waals surface area contributed by atoms with Gasteiger partial charge in [0.05, 0.1) is 16.2 Å². The zero-order chi connectivity index (χ0) is 15.0. The normalized spacial score (nSPS) is 16.6. The van der Waals surface area contributed by atoms with E-state index in [9.17, 15) is 10.1 Å². The second kappa shape index (κ2) is 5.06. The summed E-state index contributed by atoms with van der Waals surface area (Å²) in [6.45, 7) is 0. The van der Waals surface area contributed by atoms with Gasteiger partial charge in [-0.15, -0.1) is 0 Å². The molecule has 0 bridgehead atoms. The number of hydrogen-bond donors (Lipinski definition) is 2. The molecule has 2 N–H and O–H groups in total. The summed E-state index contributed by atoms with van der Waals surface area (Å²) in [6, 6.07) is 11.1. The van der Waals surface area contributed by atoms with Crippen molar-refractivity contribution in [2.24, 2.45) is 0 Å². The number of ether oxygens (including phenoxy) is 1. The Morgan fingerprint density at radius 3 is 2.62 bits per heavy atom. The summed E-state index contributed by atoms with van der Waals surface area (Å²) in [4.78, 5) is 10.2. The Balaban J connectivity index is 1.91. The molecule has 0 aromatic heterocycles. The second-order valence-corrected chi connectivity index (χ2v) is 4.95. The van der Waals surface area contributed by atoms with Gasteiger partial charge in [0.15, 0.2) is 6.23 Å². The number of halogens is 1. The lowest BCUT2D eigenvalue weighted by Gasteiger charge is -2.28. The summed E-state index contributed by atoms with van der Waals surface area (Å²) in [5, 5.41) is 22.2. The van der Waals surface area contributed by atoms with Gasteiger partial charge in [-0.05, 0) is 30.3 Å². The van der Waals surface area contributed by atoms with Gasteiger partial charge in [0, 0.05) is 22.7 Å². The molecule has 106 valence electrons. The molecule has 1 aliphatic heterocycles. The highest BCUT2D eigenvalue weighted by Gasteiger charge is 2.24. The third-order valence-corrected chi connectivity index (χ3v) is 3.39. The van der Waals surface area contributed by atoms with Crippen LogP contribution >= 0.6 is 11.6 Å². The summed E-state index contributed by atoms with van der Waals surface area (Å²) in [6.07, 6.45) is -0.579. The van der Waals surface area contributed by atoms with Crippen LogP contribution in [0.3, 0.4) is 0 Å². The molecule has 2 aromatic carbocycles. The third kappa shape index (κ3) is 2.53. The van der Waals surface area contributed by atoms with Crippen LogP contribution in [0.5, 0.6) is 0 Å². The van der Waals surface area contributed by atoms with Crippen LogP contribution in [-0.2, 0) is 4.74 Å². The number of benzene rings is 2. The average molecular weight is 304 g/mol.